The maximum absolute atomic E-state index is 14.5. The Morgan fingerprint density at radius 1 is 1.02 bits per heavy atom. The normalized spacial score (nSPS) is 15.4. The molecule has 4 aromatic heterocycles. The van der Waals surface area contributed by atoms with Crippen LogP contribution in [0.15, 0.2) is 43.0 Å². The third-order valence-corrected chi connectivity index (χ3v) is 9.17. The lowest BCUT2D eigenvalue weighted by Gasteiger charge is -2.25. The number of aryl methyl sites for hydroxylation is 3. The number of anilines is 5. The van der Waals surface area contributed by atoms with E-state index in [-0.39, 0.29) is 17.0 Å². The number of alkyl halides is 2. The second-order valence-electron chi connectivity index (χ2n) is 11.2. The van der Waals surface area contributed by atoms with Crippen molar-refractivity contribution in [2.75, 3.05) is 34.8 Å². The quantitative estimate of drug-likeness (QED) is 0.202. The first-order chi connectivity index (χ1) is 21.9. The summed E-state index contributed by atoms with van der Waals surface area (Å²) in [7, 11) is -0.416. The van der Waals surface area contributed by atoms with Crippen molar-refractivity contribution in [2.45, 2.75) is 45.8 Å². The number of fused-ring (bicyclic) bond motifs is 1. The summed E-state index contributed by atoms with van der Waals surface area (Å²) in [5.74, 6) is 0.225. The number of halogens is 2. The van der Waals surface area contributed by atoms with Crippen molar-refractivity contribution in [1.82, 2.24) is 34.1 Å². The van der Waals surface area contributed by atoms with E-state index >= 15 is 0 Å². The maximum atomic E-state index is 14.5. The van der Waals surface area contributed by atoms with Crippen LogP contribution in [0, 0.1) is 13.8 Å². The fourth-order valence-corrected chi connectivity index (χ4v) is 5.86. The topological polar surface area (TPSA) is 145 Å². The molecule has 1 atom stereocenters. The molecule has 13 nitrogen and oxygen atoms in total. The lowest BCUT2D eigenvalue weighted by atomic mass is 10.1. The van der Waals surface area contributed by atoms with Gasteiger partial charge in [0.25, 0.3) is 6.43 Å². The van der Waals surface area contributed by atoms with Crippen LogP contribution in [0.2, 0.25) is 0 Å². The predicted octanol–water partition coefficient (Wildman–Crippen LogP) is 5.76. The van der Waals surface area contributed by atoms with Gasteiger partial charge < -0.3 is 19.9 Å². The van der Waals surface area contributed by atoms with Gasteiger partial charge in [-0.15, -0.1) is 0 Å². The second kappa shape index (κ2) is 12.2. The number of nitrogens with zero attached hydrogens (tertiary/aromatic N) is 8. The largest absolute Gasteiger partial charge is 0.358 e. The highest BCUT2D eigenvalue weighted by Crippen LogP contribution is 2.39. The number of ether oxygens (including phenoxy) is 1. The van der Waals surface area contributed by atoms with Gasteiger partial charge in [-0.3, -0.25) is 13.9 Å². The molecule has 1 aromatic carbocycles. The summed E-state index contributed by atoms with van der Waals surface area (Å²) in [6, 6.07) is 6.89. The molecule has 16 heteroatoms. The van der Waals surface area contributed by atoms with Crippen LogP contribution < -0.4 is 14.9 Å². The van der Waals surface area contributed by atoms with Gasteiger partial charge in [0.2, 0.25) is 10.0 Å². The minimum absolute atomic E-state index is 0.171. The Bertz CT molecular complexity index is 2020. The summed E-state index contributed by atoms with van der Waals surface area (Å²) in [6.45, 7) is 4.10. The first-order valence-corrected chi connectivity index (χ1v) is 16.5. The van der Waals surface area contributed by atoms with Crippen molar-refractivity contribution in [1.29, 1.82) is 0 Å². The van der Waals surface area contributed by atoms with E-state index in [0.29, 0.717) is 41.6 Å². The van der Waals surface area contributed by atoms with Crippen molar-refractivity contribution < 1.29 is 21.9 Å². The van der Waals surface area contributed by atoms with E-state index in [1.807, 2.05) is 31.5 Å². The third kappa shape index (κ3) is 6.09. The zero-order valence-corrected chi connectivity index (χ0v) is 26.8. The second-order valence-corrected chi connectivity index (χ2v) is 13.2. The van der Waals surface area contributed by atoms with Gasteiger partial charge in [-0.1, -0.05) is 6.07 Å². The van der Waals surface area contributed by atoms with E-state index in [2.05, 4.69) is 30.6 Å². The van der Waals surface area contributed by atoms with Gasteiger partial charge in [0, 0.05) is 32.3 Å². The van der Waals surface area contributed by atoms with Crippen LogP contribution in [-0.4, -0.2) is 62.4 Å². The molecule has 6 rings (SSSR count). The molecule has 0 amide bonds. The van der Waals surface area contributed by atoms with Crippen LogP contribution in [0.1, 0.15) is 49.1 Å². The zero-order valence-electron chi connectivity index (χ0n) is 26.0. The van der Waals surface area contributed by atoms with E-state index < -0.39 is 28.5 Å². The van der Waals surface area contributed by atoms with Gasteiger partial charge in [0.1, 0.15) is 23.4 Å². The first kappa shape index (κ1) is 31.3. The summed E-state index contributed by atoms with van der Waals surface area (Å²) in [6.07, 6.45) is 4.57. The molecule has 242 valence electrons. The van der Waals surface area contributed by atoms with Crippen molar-refractivity contribution in [3.05, 3.63) is 60.2 Å². The molecule has 1 unspecified atom stereocenters. The fraction of sp³-hybridized carbons (Fsp3) is 0.367. The Kier molecular flexibility index (Phi) is 8.33. The lowest BCUT2D eigenvalue weighted by Crippen LogP contribution is -2.25. The van der Waals surface area contributed by atoms with E-state index in [9.17, 15) is 17.2 Å². The first-order valence-electron chi connectivity index (χ1n) is 14.6. The van der Waals surface area contributed by atoms with Gasteiger partial charge in [-0.25, -0.2) is 37.1 Å². The van der Waals surface area contributed by atoms with E-state index in [0.717, 1.165) is 40.4 Å². The number of pyridine rings is 1. The molecule has 0 spiro atoms. The molecular formula is C30H34F2N10O3S. The molecule has 0 radical (unpaired) electrons. The van der Waals surface area contributed by atoms with E-state index in [1.165, 1.54) is 11.6 Å². The van der Waals surface area contributed by atoms with Crippen molar-refractivity contribution in [3.8, 4) is 11.3 Å². The summed E-state index contributed by atoms with van der Waals surface area (Å²) in [5, 5.41) is 6.42. The number of aromatic nitrogens is 7. The molecule has 46 heavy (non-hydrogen) atoms. The lowest BCUT2D eigenvalue weighted by molar-refractivity contribution is -0.0363. The van der Waals surface area contributed by atoms with Crippen LogP contribution in [0.25, 0.3) is 22.4 Å². The molecular weight excluding hydrogens is 618 g/mol. The molecule has 1 fully saturated rings. The number of rotatable bonds is 9. The molecule has 2 N–H and O–H groups in total. The van der Waals surface area contributed by atoms with E-state index in [4.69, 9.17) is 9.72 Å². The van der Waals surface area contributed by atoms with Crippen molar-refractivity contribution >= 4 is 49.9 Å². The third-order valence-electron chi connectivity index (χ3n) is 7.98. The number of benzene rings is 1. The molecule has 5 heterocycles. The van der Waals surface area contributed by atoms with E-state index in [1.54, 1.807) is 36.9 Å². The van der Waals surface area contributed by atoms with Crippen molar-refractivity contribution in [3.63, 3.8) is 0 Å². The smallest absolute Gasteiger partial charge is 0.295 e. The summed E-state index contributed by atoms with van der Waals surface area (Å²) >= 11 is 0. The molecule has 5 aromatic rings. The highest BCUT2D eigenvalue weighted by Gasteiger charge is 2.29. The minimum atomic E-state index is -3.70. The zero-order chi connectivity index (χ0) is 32.7. The average molecular weight is 653 g/mol. The summed E-state index contributed by atoms with van der Waals surface area (Å²) in [4.78, 5) is 22.1. The highest BCUT2D eigenvalue weighted by atomic mass is 32.2. The monoisotopic (exact) mass is 652 g/mol. The fourth-order valence-electron chi connectivity index (χ4n) is 5.35. The highest BCUT2D eigenvalue weighted by molar-refractivity contribution is 7.92. The van der Waals surface area contributed by atoms with Gasteiger partial charge in [0.15, 0.2) is 11.5 Å². The number of hydrogen-bond donors (Lipinski definition) is 2. The van der Waals surface area contributed by atoms with Crippen molar-refractivity contribution in [2.24, 2.45) is 7.05 Å². The van der Waals surface area contributed by atoms with Crippen LogP contribution in [-0.2, 0) is 21.8 Å². The maximum Gasteiger partial charge on any atom is 0.295 e. The van der Waals surface area contributed by atoms with Gasteiger partial charge in [-0.05, 0) is 45.2 Å². The molecule has 1 aliphatic heterocycles. The molecule has 0 aliphatic carbocycles. The van der Waals surface area contributed by atoms with Gasteiger partial charge in [0.05, 0.1) is 59.1 Å². The SMILES string of the molecule is Cc1ncc(Nc2cc(Nc3ccc(-c4cncn4C)cc3N(C)S(C)(=O)=O)c3nc(C(F)F)n(C4CCCCO4)c3n2)nc1C. The summed E-state index contributed by atoms with van der Waals surface area (Å²) in [5.41, 5.74) is 4.36. The van der Waals surface area contributed by atoms with Gasteiger partial charge in [-0.2, -0.15) is 0 Å². The van der Waals surface area contributed by atoms with Crippen LogP contribution in [0.5, 0.6) is 0 Å². The summed E-state index contributed by atoms with van der Waals surface area (Å²) < 4.78 is 64.8. The molecule has 0 bridgehead atoms. The van der Waals surface area contributed by atoms with Crippen LogP contribution in [0.3, 0.4) is 0 Å². The van der Waals surface area contributed by atoms with Crippen LogP contribution >= 0.6 is 0 Å². The Morgan fingerprint density at radius 2 is 1.83 bits per heavy atom. The Balaban J connectivity index is 1.53. The van der Waals surface area contributed by atoms with Crippen LogP contribution in [0.4, 0.5) is 37.5 Å². The molecule has 1 saturated heterocycles. The Morgan fingerprint density at radius 3 is 2.48 bits per heavy atom. The molecule has 0 saturated carbocycles. The number of hydrogen-bond acceptors (Lipinski definition) is 10. The number of imidazole rings is 2. The number of nitrogens with one attached hydrogen (secondary N) is 2. The van der Waals surface area contributed by atoms with Gasteiger partial charge >= 0.3 is 0 Å². The minimum Gasteiger partial charge on any atom is -0.358 e. The average Bonchev–Trinajstić information content (AvgIpc) is 3.63. The standard InChI is InChI=1S/C30H34F2N10O3S/c1-17-18(2)35-25(15-34-17)37-24-13-21(27-29(38-24)42(30(39-27)28(31)32)26-8-6-7-11-45-26)36-20-10-9-19(23-14-33-16-40(23)3)12-22(20)41(4)46(5,43)44/h9-10,12-16,26,28H,6-8,11H2,1-5H3,(H2,35,36,37,38). The Labute approximate surface area is 264 Å². The Hall–Kier alpha value is -4.70. The molecule has 1 aliphatic rings. The predicted molar refractivity (Wildman–Crippen MR) is 171 cm³/mol. The number of sulfonamides is 1.